The van der Waals surface area contributed by atoms with Gasteiger partial charge in [0.05, 0.1) is 0 Å². The number of amides is 1. The fourth-order valence-corrected chi connectivity index (χ4v) is 3.16. The van der Waals surface area contributed by atoms with Crippen molar-refractivity contribution in [1.29, 1.82) is 0 Å². The van der Waals surface area contributed by atoms with Crippen molar-refractivity contribution >= 4 is 5.91 Å². The highest BCUT2D eigenvalue weighted by atomic mass is 16.2. The molecule has 1 heterocycles. The molecule has 0 bridgehead atoms. The van der Waals surface area contributed by atoms with Crippen molar-refractivity contribution in [2.75, 3.05) is 13.1 Å². The summed E-state index contributed by atoms with van der Waals surface area (Å²) in [6, 6.07) is 8.34. The number of nitrogens with zero attached hydrogens (tertiary/aromatic N) is 4. The van der Waals surface area contributed by atoms with Crippen molar-refractivity contribution in [2.24, 2.45) is 5.92 Å². The van der Waals surface area contributed by atoms with Crippen LogP contribution in [-0.2, 0) is 17.6 Å². The second kappa shape index (κ2) is 6.25. The summed E-state index contributed by atoms with van der Waals surface area (Å²) in [6.45, 7) is 5.36. The third-order valence-electron chi connectivity index (χ3n) is 4.39. The van der Waals surface area contributed by atoms with Gasteiger partial charge in [-0.05, 0) is 30.9 Å². The lowest BCUT2D eigenvalue weighted by atomic mass is 10.0. The number of likely N-dealkylation sites (N-methyl/N-ethyl adjacent to an activating group) is 1. The maximum atomic E-state index is 12.8. The van der Waals surface area contributed by atoms with Crippen molar-refractivity contribution in [2.45, 2.75) is 32.6 Å². The second-order valence-electron chi connectivity index (χ2n) is 5.92. The molecule has 116 valence electrons. The Balaban J connectivity index is 1.66. The summed E-state index contributed by atoms with van der Waals surface area (Å²) in [5.41, 5.74) is 2.62. The summed E-state index contributed by atoms with van der Waals surface area (Å²) in [5, 5.41) is 14.1. The third kappa shape index (κ3) is 2.86. The first kappa shape index (κ1) is 14.7. The molecule has 0 aliphatic heterocycles. The van der Waals surface area contributed by atoms with Gasteiger partial charge in [-0.15, -0.1) is 10.2 Å². The predicted octanol–water partition coefficient (Wildman–Crippen LogP) is 1.57. The van der Waals surface area contributed by atoms with E-state index in [-0.39, 0.29) is 17.7 Å². The zero-order valence-electron chi connectivity index (χ0n) is 13.0. The Morgan fingerprint density at radius 2 is 2.05 bits per heavy atom. The van der Waals surface area contributed by atoms with E-state index < -0.39 is 0 Å². The van der Waals surface area contributed by atoms with Gasteiger partial charge in [0.15, 0.2) is 5.82 Å². The zero-order valence-corrected chi connectivity index (χ0v) is 13.0. The molecule has 1 atom stereocenters. The normalized spacial score (nSPS) is 15.5. The van der Waals surface area contributed by atoms with Crippen LogP contribution in [0.1, 0.15) is 36.7 Å². The summed E-state index contributed by atoms with van der Waals surface area (Å²) in [5.74, 6) is 1.02. The van der Waals surface area contributed by atoms with Gasteiger partial charge in [-0.2, -0.15) is 5.21 Å². The highest BCUT2D eigenvalue weighted by Gasteiger charge is 2.30. The van der Waals surface area contributed by atoms with E-state index in [0.717, 1.165) is 12.8 Å². The van der Waals surface area contributed by atoms with Crippen molar-refractivity contribution in [3.8, 4) is 0 Å². The van der Waals surface area contributed by atoms with Gasteiger partial charge in [0.25, 0.3) is 0 Å². The molecule has 0 saturated carbocycles. The van der Waals surface area contributed by atoms with Gasteiger partial charge in [-0.3, -0.25) is 4.79 Å². The van der Waals surface area contributed by atoms with Crippen LogP contribution in [0.5, 0.6) is 0 Å². The van der Waals surface area contributed by atoms with Crippen LogP contribution in [0.4, 0.5) is 0 Å². The number of nitrogens with one attached hydrogen (secondary N) is 1. The first-order valence-electron chi connectivity index (χ1n) is 7.78. The zero-order chi connectivity index (χ0) is 15.5. The van der Waals surface area contributed by atoms with Gasteiger partial charge in [-0.1, -0.05) is 36.4 Å². The van der Waals surface area contributed by atoms with Crippen LogP contribution in [0.25, 0.3) is 0 Å². The maximum absolute atomic E-state index is 12.8. The number of tetrazole rings is 1. The van der Waals surface area contributed by atoms with Crippen molar-refractivity contribution in [3.05, 3.63) is 41.2 Å². The van der Waals surface area contributed by atoms with E-state index in [1.807, 2.05) is 30.9 Å². The summed E-state index contributed by atoms with van der Waals surface area (Å²) >= 11 is 0. The molecule has 22 heavy (non-hydrogen) atoms. The molecule has 1 aliphatic rings. The molecule has 1 N–H and O–H groups in total. The van der Waals surface area contributed by atoms with E-state index in [4.69, 9.17) is 0 Å². The third-order valence-corrected chi connectivity index (χ3v) is 4.39. The SMILES string of the molecule is CCN(CC(C)c1nn[nH]n1)C(=O)C1Cc2ccccc2C1. The van der Waals surface area contributed by atoms with E-state index in [1.165, 1.54) is 11.1 Å². The minimum absolute atomic E-state index is 0.0646. The van der Waals surface area contributed by atoms with Crippen LogP contribution >= 0.6 is 0 Å². The number of aromatic nitrogens is 4. The Bertz CT molecular complexity index is 615. The minimum atomic E-state index is 0.0646. The molecule has 6 heteroatoms. The number of fused-ring (bicyclic) bond motifs is 1. The van der Waals surface area contributed by atoms with Crippen LogP contribution in [0, 0.1) is 5.92 Å². The van der Waals surface area contributed by atoms with E-state index in [0.29, 0.717) is 18.9 Å². The molecule has 0 fully saturated rings. The molecular formula is C16H21N5O. The van der Waals surface area contributed by atoms with Gasteiger partial charge in [0.2, 0.25) is 5.91 Å². The number of aromatic amines is 1. The van der Waals surface area contributed by atoms with Crippen LogP contribution in [0.2, 0.25) is 0 Å². The molecule has 2 aromatic rings. The van der Waals surface area contributed by atoms with Crippen LogP contribution in [-0.4, -0.2) is 44.5 Å². The Morgan fingerprint density at radius 3 is 2.59 bits per heavy atom. The first-order chi connectivity index (χ1) is 10.7. The molecule has 0 spiro atoms. The van der Waals surface area contributed by atoms with Crippen LogP contribution in [0.3, 0.4) is 0 Å². The lowest BCUT2D eigenvalue weighted by Gasteiger charge is -2.26. The molecule has 1 unspecified atom stereocenters. The number of carbonyl (C=O) groups excluding carboxylic acids is 1. The molecule has 1 amide bonds. The molecule has 3 rings (SSSR count). The molecule has 1 aliphatic carbocycles. The maximum Gasteiger partial charge on any atom is 0.226 e. The monoisotopic (exact) mass is 299 g/mol. The number of H-pyrrole nitrogens is 1. The lowest BCUT2D eigenvalue weighted by molar-refractivity contribution is -0.135. The Labute approximate surface area is 129 Å². The number of hydrogen-bond donors (Lipinski definition) is 1. The summed E-state index contributed by atoms with van der Waals surface area (Å²) in [4.78, 5) is 14.7. The van der Waals surface area contributed by atoms with E-state index in [9.17, 15) is 4.79 Å². The lowest BCUT2D eigenvalue weighted by Crippen LogP contribution is -2.39. The molecule has 1 aromatic heterocycles. The molecular weight excluding hydrogens is 278 g/mol. The quantitative estimate of drug-likeness (QED) is 0.909. The fraction of sp³-hybridized carbons (Fsp3) is 0.500. The van der Waals surface area contributed by atoms with Gasteiger partial charge in [0.1, 0.15) is 0 Å². The summed E-state index contributed by atoms with van der Waals surface area (Å²) in [7, 11) is 0. The Morgan fingerprint density at radius 1 is 1.36 bits per heavy atom. The van der Waals surface area contributed by atoms with Crippen LogP contribution in [0.15, 0.2) is 24.3 Å². The largest absolute Gasteiger partial charge is 0.342 e. The smallest absolute Gasteiger partial charge is 0.226 e. The van der Waals surface area contributed by atoms with Gasteiger partial charge >= 0.3 is 0 Å². The molecule has 0 radical (unpaired) electrons. The first-order valence-corrected chi connectivity index (χ1v) is 7.78. The highest BCUT2D eigenvalue weighted by molar-refractivity contribution is 5.80. The predicted molar refractivity (Wildman–Crippen MR) is 82.2 cm³/mol. The van der Waals surface area contributed by atoms with Crippen LogP contribution < -0.4 is 0 Å². The fourth-order valence-electron chi connectivity index (χ4n) is 3.16. The number of hydrogen-bond acceptors (Lipinski definition) is 4. The van der Waals surface area contributed by atoms with Gasteiger partial charge < -0.3 is 4.90 Å². The van der Waals surface area contributed by atoms with E-state index >= 15 is 0 Å². The average molecular weight is 299 g/mol. The second-order valence-corrected chi connectivity index (χ2v) is 5.92. The Hall–Kier alpha value is -2.24. The molecule has 0 saturated heterocycles. The standard InChI is InChI=1S/C16H21N5O/c1-3-21(10-11(2)15-17-19-20-18-15)16(22)14-8-12-6-4-5-7-13(12)9-14/h4-7,11,14H,3,8-10H2,1-2H3,(H,17,18,19,20). The highest BCUT2D eigenvalue weighted by Crippen LogP contribution is 2.28. The number of rotatable bonds is 5. The molecule has 6 nitrogen and oxygen atoms in total. The number of benzene rings is 1. The van der Waals surface area contributed by atoms with Crippen molar-refractivity contribution < 1.29 is 4.79 Å². The summed E-state index contributed by atoms with van der Waals surface area (Å²) in [6.07, 6.45) is 1.70. The summed E-state index contributed by atoms with van der Waals surface area (Å²) < 4.78 is 0. The van der Waals surface area contributed by atoms with Gasteiger partial charge in [-0.25, -0.2) is 0 Å². The van der Waals surface area contributed by atoms with Crippen molar-refractivity contribution in [3.63, 3.8) is 0 Å². The topological polar surface area (TPSA) is 74.8 Å². The van der Waals surface area contributed by atoms with Crippen molar-refractivity contribution in [1.82, 2.24) is 25.5 Å². The molecule has 1 aromatic carbocycles. The van der Waals surface area contributed by atoms with Gasteiger partial charge in [0, 0.05) is 24.9 Å². The van der Waals surface area contributed by atoms with E-state index in [2.05, 4.69) is 32.8 Å². The minimum Gasteiger partial charge on any atom is -0.342 e. The number of carbonyl (C=O) groups is 1. The Kier molecular flexibility index (Phi) is 4.18. The van der Waals surface area contributed by atoms with E-state index in [1.54, 1.807) is 0 Å². The average Bonchev–Trinajstić information content (AvgIpc) is 3.20.